The van der Waals surface area contributed by atoms with Crippen molar-refractivity contribution in [3.8, 4) is 0 Å². The van der Waals surface area contributed by atoms with Gasteiger partial charge in [0.2, 0.25) is 10.0 Å². The average molecular weight is 476 g/mol. The Labute approximate surface area is 183 Å². The fourth-order valence-corrected chi connectivity index (χ4v) is 5.87. The van der Waals surface area contributed by atoms with Crippen LogP contribution in [0.2, 0.25) is 0 Å². The molecule has 3 rings (SSSR count). The molecule has 0 aromatic heterocycles. The predicted molar refractivity (Wildman–Crippen MR) is 112 cm³/mol. The standard InChI is InChI=1S/C17H29N3O6S.2ClH/c1-27(25,26)19-13-6-15(17(23)24)20(9-13)8-10-2-3-11-7-18-14(16(21)22)5-12(11)4-10;;/h10-15,18-19H,2-9H2,1H3,(H,21,22)(H,23,24);2*1H/t10-,11-,12+,13-,14-,15-;;/m0../s1. The highest BCUT2D eigenvalue weighted by atomic mass is 35.5. The van der Waals surface area contributed by atoms with Gasteiger partial charge in [-0.05, 0) is 56.4 Å². The lowest BCUT2D eigenvalue weighted by molar-refractivity contribution is -0.143. The van der Waals surface area contributed by atoms with Crippen LogP contribution in [0.4, 0.5) is 0 Å². The summed E-state index contributed by atoms with van der Waals surface area (Å²) in [5, 5.41) is 21.9. The van der Waals surface area contributed by atoms with Crippen molar-refractivity contribution in [3.63, 3.8) is 0 Å². The number of halogens is 2. The van der Waals surface area contributed by atoms with E-state index >= 15 is 0 Å². The number of likely N-dealkylation sites (tertiary alicyclic amines) is 1. The van der Waals surface area contributed by atoms with Gasteiger partial charge in [0.25, 0.3) is 0 Å². The van der Waals surface area contributed by atoms with Crippen molar-refractivity contribution in [2.45, 2.75) is 50.2 Å². The average Bonchev–Trinajstić information content (AvgIpc) is 2.94. The maximum Gasteiger partial charge on any atom is 0.320 e. The second-order valence-electron chi connectivity index (χ2n) is 8.36. The number of aliphatic carboxylic acids is 2. The van der Waals surface area contributed by atoms with Gasteiger partial charge in [-0.1, -0.05) is 0 Å². The first-order valence-electron chi connectivity index (χ1n) is 9.52. The van der Waals surface area contributed by atoms with Crippen LogP contribution in [0.25, 0.3) is 0 Å². The summed E-state index contributed by atoms with van der Waals surface area (Å²) >= 11 is 0. The van der Waals surface area contributed by atoms with Gasteiger partial charge in [0, 0.05) is 19.1 Å². The Morgan fingerprint density at radius 3 is 2.34 bits per heavy atom. The topological polar surface area (TPSA) is 136 Å². The molecule has 0 aromatic rings. The quantitative estimate of drug-likeness (QED) is 0.432. The van der Waals surface area contributed by atoms with E-state index in [0.29, 0.717) is 37.3 Å². The van der Waals surface area contributed by atoms with E-state index in [1.807, 2.05) is 4.90 Å². The van der Waals surface area contributed by atoms with E-state index < -0.39 is 34.0 Å². The van der Waals surface area contributed by atoms with Crippen LogP contribution in [0.1, 0.15) is 32.1 Å². The van der Waals surface area contributed by atoms with Crippen LogP contribution in [0, 0.1) is 17.8 Å². The first-order valence-corrected chi connectivity index (χ1v) is 11.4. The monoisotopic (exact) mass is 475 g/mol. The Morgan fingerprint density at radius 1 is 1.07 bits per heavy atom. The predicted octanol–water partition coefficient (Wildman–Crippen LogP) is 0.386. The molecule has 2 heterocycles. The maximum atomic E-state index is 11.6. The highest BCUT2D eigenvalue weighted by molar-refractivity contribution is 7.88. The van der Waals surface area contributed by atoms with E-state index in [-0.39, 0.29) is 37.3 Å². The number of carbonyl (C=O) groups is 2. The molecule has 1 saturated carbocycles. The molecule has 9 nitrogen and oxygen atoms in total. The van der Waals surface area contributed by atoms with Crippen molar-refractivity contribution in [1.29, 1.82) is 0 Å². The molecular formula is C17H31Cl2N3O6S. The van der Waals surface area contributed by atoms with Crippen molar-refractivity contribution in [2.75, 3.05) is 25.9 Å². The number of fused-ring (bicyclic) bond motifs is 1. The smallest absolute Gasteiger partial charge is 0.320 e. The molecule has 2 saturated heterocycles. The SMILES string of the molecule is CS(=O)(=O)N[C@H]1C[C@@H](C(=O)O)N(C[C@H]2CC[C@H]3CN[C@H](C(=O)O)C[C@H]3C2)C1.Cl.Cl. The first-order chi connectivity index (χ1) is 12.6. The number of sulfonamides is 1. The molecule has 12 heteroatoms. The number of carboxylic acid groups (broad SMARTS) is 2. The van der Waals surface area contributed by atoms with Crippen molar-refractivity contribution in [2.24, 2.45) is 17.8 Å². The Kier molecular flexibility index (Phi) is 9.63. The van der Waals surface area contributed by atoms with Gasteiger partial charge in [-0.2, -0.15) is 0 Å². The van der Waals surface area contributed by atoms with Crippen LogP contribution in [0.3, 0.4) is 0 Å². The molecule has 3 fully saturated rings. The van der Waals surface area contributed by atoms with E-state index in [0.717, 1.165) is 32.1 Å². The fraction of sp³-hybridized carbons (Fsp3) is 0.882. The maximum absolute atomic E-state index is 11.6. The van der Waals surface area contributed by atoms with Crippen LogP contribution in [0.15, 0.2) is 0 Å². The third-order valence-corrected chi connectivity index (χ3v) is 7.03. The molecule has 2 aliphatic heterocycles. The van der Waals surface area contributed by atoms with E-state index in [1.54, 1.807) is 0 Å². The summed E-state index contributed by atoms with van der Waals surface area (Å²) in [7, 11) is -3.38. The van der Waals surface area contributed by atoms with Crippen LogP contribution in [0.5, 0.6) is 0 Å². The highest BCUT2D eigenvalue weighted by Crippen LogP contribution is 2.39. The number of rotatable bonds is 6. The lowest BCUT2D eigenvalue weighted by Gasteiger charge is -2.42. The minimum absolute atomic E-state index is 0. The molecule has 4 N–H and O–H groups in total. The Balaban J connectivity index is 0.00000210. The largest absolute Gasteiger partial charge is 0.480 e. The zero-order valence-electron chi connectivity index (χ0n) is 16.3. The van der Waals surface area contributed by atoms with E-state index in [1.165, 1.54) is 0 Å². The van der Waals surface area contributed by atoms with Crippen LogP contribution in [-0.2, 0) is 19.6 Å². The van der Waals surface area contributed by atoms with E-state index in [4.69, 9.17) is 0 Å². The molecule has 0 amide bonds. The Bertz CT molecular complexity index is 695. The Morgan fingerprint density at radius 2 is 1.76 bits per heavy atom. The normalized spacial score (nSPS) is 35.1. The number of piperidine rings is 1. The van der Waals surface area contributed by atoms with Crippen molar-refractivity contribution in [3.05, 3.63) is 0 Å². The summed E-state index contributed by atoms with van der Waals surface area (Å²) < 4.78 is 25.5. The summed E-state index contributed by atoms with van der Waals surface area (Å²) in [5.74, 6) is -0.574. The molecule has 3 aliphatic rings. The molecule has 0 bridgehead atoms. The van der Waals surface area contributed by atoms with Gasteiger partial charge in [-0.25, -0.2) is 13.1 Å². The molecule has 0 radical (unpaired) electrons. The van der Waals surface area contributed by atoms with Gasteiger partial charge in [-0.3, -0.25) is 14.5 Å². The summed E-state index contributed by atoms with van der Waals surface area (Å²) in [4.78, 5) is 24.8. The lowest BCUT2D eigenvalue weighted by atomic mass is 9.69. The number of nitrogens with one attached hydrogen (secondary N) is 2. The highest BCUT2D eigenvalue weighted by Gasteiger charge is 2.42. The van der Waals surface area contributed by atoms with Crippen LogP contribution < -0.4 is 10.0 Å². The number of hydrogen-bond acceptors (Lipinski definition) is 6. The van der Waals surface area contributed by atoms with E-state index in [9.17, 15) is 28.2 Å². The van der Waals surface area contributed by atoms with Crippen LogP contribution in [-0.4, -0.2) is 79.5 Å². The molecular weight excluding hydrogens is 445 g/mol. The molecule has 170 valence electrons. The second-order valence-corrected chi connectivity index (χ2v) is 10.1. The first kappa shape index (κ1) is 26.4. The number of hydrogen-bond donors (Lipinski definition) is 4. The summed E-state index contributed by atoms with van der Waals surface area (Å²) in [6, 6.07) is -1.55. The van der Waals surface area contributed by atoms with Gasteiger partial charge in [0.05, 0.1) is 6.26 Å². The Hall–Kier alpha value is -0.650. The third kappa shape index (κ3) is 6.93. The third-order valence-electron chi connectivity index (χ3n) is 6.27. The molecule has 0 unspecified atom stereocenters. The molecule has 29 heavy (non-hydrogen) atoms. The van der Waals surface area contributed by atoms with Crippen molar-refractivity contribution >= 4 is 46.8 Å². The minimum Gasteiger partial charge on any atom is -0.480 e. The van der Waals surface area contributed by atoms with Gasteiger partial charge in [-0.15, -0.1) is 24.8 Å². The van der Waals surface area contributed by atoms with Gasteiger partial charge in [0.1, 0.15) is 12.1 Å². The van der Waals surface area contributed by atoms with Gasteiger partial charge < -0.3 is 15.5 Å². The van der Waals surface area contributed by atoms with Crippen LogP contribution >= 0.6 is 24.8 Å². The lowest BCUT2D eigenvalue weighted by Crippen LogP contribution is -2.50. The summed E-state index contributed by atoms with van der Waals surface area (Å²) in [5.41, 5.74) is 0. The van der Waals surface area contributed by atoms with E-state index in [2.05, 4.69) is 10.0 Å². The molecule has 0 aromatic carbocycles. The fourth-order valence-electron chi connectivity index (χ4n) is 5.10. The zero-order valence-corrected chi connectivity index (χ0v) is 18.8. The van der Waals surface area contributed by atoms with Crippen molar-refractivity contribution in [1.82, 2.24) is 14.9 Å². The zero-order chi connectivity index (χ0) is 19.8. The summed E-state index contributed by atoms with van der Waals surface area (Å²) in [6.07, 6.45) is 4.90. The minimum atomic E-state index is -3.38. The second kappa shape index (κ2) is 10.6. The van der Waals surface area contributed by atoms with Crippen molar-refractivity contribution < 1.29 is 28.2 Å². The number of carboxylic acids is 2. The van der Waals surface area contributed by atoms with Gasteiger partial charge in [0.15, 0.2) is 0 Å². The number of nitrogens with zero attached hydrogens (tertiary/aromatic N) is 1. The molecule has 1 aliphatic carbocycles. The molecule has 6 atom stereocenters. The van der Waals surface area contributed by atoms with Gasteiger partial charge >= 0.3 is 11.9 Å². The summed E-state index contributed by atoms with van der Waals surface area (Å²) in [6.45, 7) is 1.75. The molecule has 0 spiro atoms.